The van der Waals surface area contributed by atoms with Gasteiger partial charge in [0.2, 0.25) is 0 Å². The number of piperidine rings is 1. The van der Waals surface area contributed by atoms with E-state index in [-0.39, 0.29) is 12.8 Å². The van der Waals surface area contributed by atoms with Gasteiger partial charge in [-0.1, -0.05) is 6.07 Å². The molecule has 0 spiro atoms. The molecule has 0 saturated carbocycles. The maximum Gasteiger partial charge on any atom is 0.391 e. The molecule has 0 amide bonds. The van der Waals surface area contributed by atoms with E-state index in [4.69, 9.17) is 5.73 Å². The zero-order valence-corrected chi connectivity index (χ0v) is 10.9. The van der Waals surface area contributed by atoms with Gasteiger partial charge in [0.25, 0.3) is 0 Å². The van der Waals surface area contributed by atoms with Crippen LogP contribution in [0.2, 0.25) is 0 Å². The third-order valence-corrected chi connectivity index (χ3v) is 3.57. The van der Waals surface area contributed by atoms with E-state index in [2.05, 4.69) is 4.98 Å². The number of aromatic nitrogens is 1. The number of nitrogens with zero attached hydrogens (tertiary/aromatic N) is 2. The van der Waals surface area contributed by atoms with Crippen molar-refractivity contribution in [3.63, 3.8) is 0 Å². The van der Waals surface area contributed by atoms with E-state index >= 15 is 0 Å². The highest BCUT2D eigenvalue weighted by atomic mass is 19.4. The normalized spacial score (nSPS) is 17.8. The van der Waals surface area contributed by atoms with Gasteiger partial charge in [0, 0.05) is 30.9 Å². The minimum absolute atomic E-state index is 0.128. The molecule has 0 unspecified atom stereocenters. The molecule has 1 fully saturated rings. The smallest absolute Gasteiger partial charge is 0.356 e. The molecule has 2 N–H and O–H groups in total. The van der Waals surface area contributed by atoms with Gasteiger partial charge < -0.3 is 10.6 Å². The largest absolute Gasteiger partial charge is 0.391 e. The van der Waals surface area contributed by atoms with Crippen LogP contribution in [0.25, 0.3) is 0 Å². The van der Waals surface area contributed by atoms with Crippen LogP contribution in [0.4, 0.5) is 19.0 Å². The summed E-state index contributed by atoms with van der Waals surface area (Å²) in [6.45, 7) is 2.98. The first-order valence-electron chi connectivity index (χ1n) is 6.40. The topological polar surface area (TPSA) is 42.1 Å². The average Bonchev–Trinajstić information content (AvgIpc) is 2.38. The molecule has 6 heteroatoms. The first-order chi connectivity index (χ1) is 8.91. The SMILES string of the molecule is Cc1ccc(CN)c(N2CCC(C(F)(F)F)CC2)n1. The lowest BCUT2D eigenvalue weighted by molar-refractivity contribution is -0.179. The molecule has 19 heavy (non-hydrogen) atoms. The maximum atomic E-state index is 12.6. The molecule has 0 bridgehead atoms. The molecule has 1 aliphatic heterocycles. The average molecular weight is 273 g/mol. The summed E-state index contributed by atoms with van der Waals surface area (Å²) in [6, 6.07) is 3.77. The Balaban J connectivity index is 2.11. The van der Waals surface area contributed by atoms with Crippen LogP contribution < -0.4 is 10.6 Å². The van der Waals surface area contributed by atoms with Crippen molar-refractivity contribution in [3.05, 3.63) is 23.4 Å². The Morgan fingerprint density at radius 3 is 2.47 bits per heavy atom. The Bertz CT molecular complexity index is 437. The van der Waals surface area contributed by atoms with Gasteiger partial charge in [0.15, 0.2) is 0 Å². The van der Waals surface area contributed by atoms with Crippen molar-refractivity contribution >= 4 is 5.82 Å². The van der Waals surface area contributed by atoms with Crippen LogP contribution in [-0.4, -0.2) is 24.2 Å². The molecule has 3 nitrogen and oxygen atoms in total. The summed E-state index contributed by atoms with van der Waals surface area (Å²) in [5.74, 6) is -0.446. The van der Waals surface area contributed by atoms with E-state index in [1.807, 2.05) is 24.0 Å². The molecule has 1 aromatic rings. The van der Waals surface area contributed by atoms with E-state index < -0.39 is 12.1 Å². The quantitative estimate of drug-likeness (QED) is 0.900. The van der Waals surface area contributed by atoms with E-state index in [0.29, 0.717) is 19.6 Å². The molecule has 1 saturated heterocycles. The Hall–Kier alpha value is -1.30. The van der Waals surface area contributed by atoms with Crippen molar-refractivity contribution in [2.75, 3.05) is 18.0 Å². The summed E-state index contributed by atoms with van der Waals surface area (Å²) in [6.07, 6.45) is -3.82. The minimum atomic E-state index is -4.08. The molecule has 2 rings (SSSR count). The van der Waals surface area contributed by atoms with Crippen LogP contribution in [0.3, 0.4) is 0 Å². The lowest BCUT2D eigenvalue weighted by atomic mass is 9.96. The van der Waals surface area contributed by atoms with Gasteiger partial charge in [-0.05, 0) is 25.8 Å². The van der Waals surface area contributed by atoms with Crippen LogP contribution in [0.15, 0.2) is 12.1 Å². The summed E-state index contributed by atoms with van der Waals surface area (Å²) in [7, 11) is 0. The van der Waals surface area contributed by atoms with Crippen molar-refractivity contribution in [1.82, 2.24) is 4.98 Å². The summed E-state index contributed by atoms with van der Waals surface area (Å²) in [5, 5.41) is 0. The van der Waals surface area contributed by atoms with Crippen molar-refractivity contribution in [3.8, 4) is 0 Å². The van der Waals surface area contributed by atoms with Crippen molar-refractivity contribution in [1.29, 1.82) is 0 Å². The van der Waals surface area contributed by atoms with Crippen LogP contribution in [0.5, 0.6) is 0 Å². The molecule has 0 atom stereocenters. The zero-order chi connectivity index (χ0) is 14.0. The zero-order valence-electron chi connectivity index (χ0n) is 10.9. The van der Waals surface area contributed by atoms with Crippen molar-refractivity contribution < 1.29 is 13.2 Å². The summed E-state index contributed by atoms with van der Waals surface area (Å²) in [4.78, 5) is 6.33. The third-order valence-electron chi connectivity index (χ3n) is 3.57. The monoisotopic (exact) mass is 273 g/mol. The predicted molar refractivity (Wildman–Crippen MR) is 67.9 cm³/mol. The number of halogens is 3. The predicted octanol–water partition coefficient (Wildman–Crippen LogP) is 2.63. The molecule has 0 aliphatic carbocycles. The number of hydrogen-bond acceptors (Lipinski definition) is 3. The fourth-order valence-electron chi connectivity index (χ4n) is 2.42. The van der Waals surface area contributed by atoms with Gasteiger partial charge in [-0.2, -0.15) is 13.2 Å². The van der Waals surface area contributed by atoms with E-state index in [1.54, 1.807) is 0 Å². The Labute approximate surface area is 110 Å². The highest BCUT2D eigenvalue weighted by molar-refractivity contribution is 5.48. The van der Waals surface area contributed by atoms with Crippen LogP contribution >= 0.6 is 0 Å². The lowest BCUT2D eigenvalue weighted by Crippen LogP contribution is -2.40. The fourth-order valence-corrected chi connectivity index (χ4v) is 2.42. The number of anilines is 1. The van der Waals surface area contributed by atoms with Gasteiger partial charge in [-0.3, -0.25) is 0 Å². The molecule has 0 aromatic carbocycles. The number of aryl methyl sites for hydroxylation is 1. The minimum Gasteiger partial charge on any atom is -0.356 e. The van der Waals surface area contributed by atoms with Crippen molar-refractivity contribution in [2.24, 2.45) is 11.7 Å². The Kier molecular flexibility index (Phi) is 3.99. The van der Waals surface area contributed by atoms with E-state index in [0.717, 1.165) is 17.1 Å². The number of rotatable bonds is 2. The van der Waals surface area contributed by atoms with Gasteiger partial charge in [0.05, 0.1) is 5.92 Å². The molecular weight excluding hydrogens is 255 g/mol. The highest BCUT2D eigenvalue weighted by Gasteiger charge is 2.41. The first-order valence-corrected chi connectivity index (χ1v) is 6.40. The van der Waals surface area contributed by atoms with Crippen LogP contribution in [0.1, 0.15) is 24.1 Å². The van der Waals surface area contributed by atoms with Gasteiger partial charge >= 0.3 is 6.18 Å². The lowest BCUT2D eigenvalue weighted by Gasteiger charge is -2.34. The van der Waals surface area contributed by atoms with Crippen LogP contribution in [0, 0.1) is 12.8 Å². The molecule has 2 heterocycles. The molecular formula is C13H18F3N3. The van der Waals surface area contributed by atoms with Crippen LogP contribution in [-0.2, 0) is 6.54 Å². The second-order valence-electron chi connectivity index (χ2n) is 4.94. The molecule has 106 valence electrons. The number of alkyl halides is 3. The van der Waals surface area contributed by atoms with E-state index in [1.165, 1.54) is 0 Å². The van der Waals surface area contributed by atoms with Gasteiger partial charge in [-0.25, -0.2) is 4.98 Å². The summed E-state index contributed by atoms with van der Waals surface area (Å²) in [5.41, 5.74) is 7.39. The number of pyridine rings is 1. The van der Waals surface area contributed by atoms with Gasteiger partial charge in [0.1, 0.15) is 5.82 Å². The second-order valence-corrected chi connectivity index (χ2v) is 4.94. The second kappa shape index (κ2) is 5.36. The first kappa shape index (κ1) is 14.1. The molecule has 1 aliphatic rings. The highest BCUT2D eigenvalue weighted by Crippen LogP contribution is 2.35. The molecule has 1 aromatic heterocycles. The fraction of sp³-hybridized carbons (Fsp3) is 0.615. The number of hydrogen-bond donors (Lipinski definition) is 1. The molecule has 0 radical (unpaired) electrons. The van der Waals surface area contributed by atoms with E-state index in [9.17, 15) is 13.2 Å². The number of nitrogens with two attached hydrogens (primary N) is 1. The van der Waals surface area contributed by atoms with Crippen molar-refractivity contribution in [2.45, 2.75) is 32.5 Å². The summed E-state index contributed by atoms with van der Waals surface area (Å²) >= 11 is 0. The van der Waals surface area contributed by atoms with Gasteiger partial charge in [-0.15, -0.1) is 0 Å². The third kappa shape index (κ3) is 3.18. The standard InChI is InChI=1S/C13H18F3N3/c1-9-2-3-10(8-17)12(18-9)19-6-4-11(5-7-19)13(14,15)16/h2-3,11H,4-8,17H2,1H3. The maximum absolute atomic E-state index is 12.6. The summed E-state index contributed by atoms with van der Waals surface area (Å²) < 4.78 is 37.9. The Morgan fingerprint density at radius 1 is 1.32 bits per heavy atom. The Morgan fingerprint density at radius 2 is 1.95 bits per heavy atom.